The number of hydrogen-bond acceptors (Lipinski definition) is 6. The molecule has 7 unspecified atom stereocenters. The summed E-state index contributed by atoms with van der Waals surface area (Å²) in [5, 5.41) is 31.0. The van der Waals surface area contributed by atoms with E-state index >= 15 is 0 Å². The molecule has 1 aliphatic heterocycles. The van der Waals surface area contributed by atoms with Crippen LogP contribution in [0.5, 0.6) is 0 Å². The molecule has 142 valence electrons. The molecule has 2 aliphatic carbocycles. The third-order valence-electron chi connectivity index (χ3n) is 6.60. The minimum atomic E-state index is -1.27. The van der Waals surface area contributed by atoms with Crippen LogP contribution in [0.4, 0.5) is 0 Å². The fraction of sp³-hybridized carbons (Fsp3) is 0.842. The standard InChI is InChI=1S/C19H30O6/c1-9(2)15(23)24-16-17(5,6)7-12-11(4)13(21)14(22)18(10(3)8-20)19(12,16)25-18/h9,11-14,16,20-22H,3,7-8H2,1-2,4-6H3. The van der Waals surface area contributed by atoms with Gasteiger partial charge in [-0.3, -0.25) is 4.79 Å². The van der Waals surface area contributed by atoms with Gasteiger partial charge in [-0.15, -0.1) is 0 Å². The topological polar surface area (TPSA) is 99.5 Å². The lowest BCUT2D eigenvalue weighted by atomic mass is 9.63. The van der Waals surface area contributed by atoms with Crippen molar-refractivity contribution in [2.45, 2.75) is 70.6 Å². The maximum atomic E-state index is 12.3. The first-order valence-corrected chi connectivity index (χ1v) is 9.03. The van der Waals surface area contributed by atoms with Gasteiger partial charge in [0.25, 0.3) is 0 Å². The predicted molar refractivity (Wildman–Crippen MR) is 90.6 cm³/mol. The van der Waals surface area contributed by atoms with Crippen LogP contribution in [0.2, 0.25) is 0 Å². The molecule has 0 radical (unpaired) electrons. The second-order valence-electron chi connectivity index (χ2n) is 8.96. The summed E-state index contributed by atoms with van der Waals surface area (Å²) in [6, 6.07) is 0. The summed E-state index contributed by atoms with van der Waals surface area (Å²) in [4.78, 5) is 12.3. The molecular formula is C19H30O6. The minimum absolute atomic E-state index is 0.103. The molecule has 1 heterocycles. The second-order valence-corrected chi connectivity index (χ2v) is 8.96. The Morgan fingerprint density at radius 2 is 1.96 bits per heavy atom. The molecular weight excluding hydrogens is 324 g/mol. The molecule has 1 saturated heterocycles. The quantitative estimate of drug-likeness (QED) is 0.396. The number of aliphatic hydroxyl groups excluding tert-OH is 3. The number of hydrogen-bond donors (Lipinski definition) is 3. The molecule has 0 aromatic carbocycles. The Kier molecular flexibility index (Phi) is 4.16. The van der Waals surface area contributed by atoms with Gasteiger partial charge >= 0.3 is 5.97 Å². The van der Waals surface area contributed by atoms with E-state index in [-0.39, 0.29) is 35.7 Å². The maximum Gasteiger partial charge on any atom is 0.308 e. The van der Waals surface area contributed by atoms with Crippen LogP contribution in [0.15, 0.2) is 12.2 Å². The lowest BCUT2D eigenvalue weighted by Crippen LogP contribution is -2.60. The maximum absolute atomic E-state index is 12.3. The van der Waals surface area contributed by atoms with Crippen LogP contribution in [-0.4, -0.2) is 57.4 Å². The van der Waals surface area contributed by atoms with E-state index in [0.29, 0.717) is 12.0 Å². The normalized spacial score (nSPS) is 47.2. The van der Waals surface area contributed by atoms with Crippen molar-refractivity contribution in [1.82, 2.24) is 0 Å². The van der Waals surface area contributed by atoms with Crippen LogP contribution in [0.25, 0.3) is 0 Å². The summed E-state index contributed by atoms with van der Waals surface area (Å²) in [5.41, 5.74) is -2.28. The fourth-order valence-corrected chi connectivity index (χ4v) is 5.25. The van der Waals surface area contributed by atoms with Gasteiger partial charge in [0, 0.05) is 11.3 Å². The highest BCUT2D eigenvalue weighted by atomic mass is 16.7. The number of aliphatic hydroxyl groups is 3. The summed E-state index contributed by atoms with van der Waals surface area (Å²) in [5.74, 6) is -0.925. The lowest BCUT2D eigenvalue weighted by Gasteiger charge is -2.42. The van der Waals surface area contributed by atoms with Crippen molar-refractivity contribution in [1.29, 1.82) is 0 Å². The number of esters is 1. The zero-order valence-electron chi connectivity index (χ0n) is 15.7. The van der Waals surface area contributed by atoms with Gasteiger partial charge in [-0.05, 0) is 17.9 Å². The van der Waals surface area contributed by atoms with E-state index in [1.807, 2.05) is 20.8 Å². The van der Waals surface area contributed by atoms with E-state index in [1.165, 1.54) is 0 Å². The monoisotopic (exact) mass is 354 g/mol. The van der Waals surface area contributed by atoms with E-state index in [9.17, 15) is 20.1 Å². The summed E-state index contributed by atoms with van der Waals surface area (Å²) in [6.45, 7) is 13.0. The average molecular weight is 354 g/mol. The molecule has 3 fully saturated rings. The van der Waals surface area contributed by atoms with Gasteiger partial charge < -0.3 is 24.8 Å². The van der Waals surface area contributed by atoms with Crippen LogP contribution in [0, 0.1) is 23.2 Å². The molecule has 3 aliphatic rings. The molecule has 7 atom stereocenters. The summed E-state index contributed by atoms with van der Waals surface area (Å²) in [6.07, 6.45) is -2.09. The molecule has 0 aromatic rings. The van der Waals surface area contributed by atoms with Crippen molar-refractivity contribution in [3.63, 3.8) is 0 Å². The van der Waals surface area contributed by atoms with Gasteiger partial charge in [0.05, 0.1) is 18.6 Å². The molecule has 3 N–H and O–H groups in total. The van der Waals surface area contributed by atoms with Gasteiger partial charge in [-0.2, -0.15) is 0 Å². The van der Waals surface area contributed by atoms with Crippen molar-refractivity contribution >= 4 is 5.97 Å². The van der Waals surface area contributed by atoms with E-state index in [2.05, 4.69) is 6.58 Å². The number of carbonyl (C=O) groups is 1. The SMILES string of the molecule is C=C(CO)C12OC13C(CC(C)(C)C3OC(=O)C(C)C)C(C)C(O)C2O. The molecule has 0 aromatic heterocycles. The molecule has 25 heavy (non-hydrogen) atoms. The van der Waals surface area contributed by atoms with Crippen molar-refractivity contribution in [3.05, 3.63) is 12.2 Å². The van der Waals surface area contributed by atoms with Crippen LogP contribution in [-0.2, 0) is 14.3 Å². The fourth-order valence-electron chi connectivity index (χ4n) is 5.25. The number of carbonyl (C=O) groups excluding carboxylic acids is 1. The molecule has 0 bridgehead atoms. The van der Waals surface area contributed by atoms with Crippen molar-refractivity contribution < 1.29 is 29.6 Å². The largest absolute Gasteiger partial charge is 0.458 e. The Labute approximate surface area is 148 Å². The predicted octanol–water partition coefficient (Wildman–Crippen LogP) is 1.03. The Balaban J connectivity index is 2.09. The summed E-state index contributed by atoms with van der Waals surface area (Å²) >= 11 is 0. The minimum Gasteiger partial charge on any atom is -0.458 e. The van der Waals surface area contributed by atoms with Crippen LogP contribution in [0.3, 0.4) is 0 Å². The lowest BCUT2D eigenvalue weighted by molar-refractivity contribution is -0.163. The van der Waals surface area contributed by atoms with Crippen LogP contribution >= 0.6 is 0 Å². The Hall–Kier alpha value is -0.950. The summed E-state index contributed by atoms with van der Waals surface area (Å²) in [7, 11) is 0. The molecule has 2 saturated carbocycles. The van der Waals surface area contributed by atoms with Crippen LogP contribution < -0.4 is 0 Å². The molecule has 3 rings (SSSR count). The molecule has 1 spiro atoms. The number of epoxide rings is 1. The van der Waals surface area contributed by atoms with E-state index in [0.717, 1.165) is 0 Å². The van der Waals surface area contributed by atoms with Gasteiger partial charge in [0.15, 0.2) is 5.60 Å². The molecule has 0 amide bonds. The second kappa shape index (κ2) is 5.52. The highest BCUT2D eigenvalue weighted by molar-refractivity contribution is 5.72. The third-order valence-corrected chi connectivity index (χ3v) is 6.60. The first-order chi connectivity index (χ1) is 11.5. The summed E-state index contributed by atoms with van der Waals surface area (Å²) < 4.78 is 12.0. The first-order valence-electron chi connectivity index (χ1n) is 9.03. The molecule has 6 nitrogen and oxygen atoms in total. The highest BCUT2D eigenvalue weighted by Gasteiger charge is 2.89. The Morgan fingerprint density at radius 1 is 1.36 bits per heavy atom. The van der Waals surface area contributed by atoms with E-state index in [4.69, 9.17) is 9.47 Å². The van der Waals surface area contributed by atoms with Crippen molar-refractivity contribution in [3.8, 4) is 0 Å². The van der Waals surface area contributed by atoms with Crippen molar-refractivity contribution in [2.24, 2.45) is 23.2 Å². The highest BCUT2D eigenvalue weighted by Crippen LogP contribution is 2.73. The van der Waals surface area contributed by atoms with Crippen molar-refractivity contribution in [2.75, 3.05) is 6.61 Å². The average Bonchev–Trinajstić information content (AvgIpc) is 3.19. The Morgan fingerprint density at radius 3 is 2.48 bits per heavy atom. The smallest absolute Gasteiger partial charge is 0.308 e. The zero-order valence-corrected chi connectivity index (χ0v) is 15.7. The Bertz CT molecular complexity index is 599. The third kappa shape index (κ3) is 2.14. The van der Waals surface area contributed by atoms with Crippen LogP contribution in [0.1, 0.15) is 41.0 Å². The van der Waals surface area contributed by atoms with Gasteiger partial charge in [0.1, 0.15) is 17.8 Å². The first kappa shape index (κ1) is 18.8. The van der Waals surface area contributed by atoms with Gasteiger partial charge in [-0.1, -0.05) is 41.2 Å². The van der Waals surface area contributed by atoms with Gasteiger partial charge in [0.2, 0.25) is 0 Å². The van der Waals surface area contributed by atoms with E-state index in [1.54, 1.807) is 13.8 Å². The molecule has 6 heteroatoms. The van der Waals surface area contributed by atoms with Gasteiger partial charge in [-0.25, -0.2) is 0 Å². The zero-order chi connectivity index (χ0) is 18.9. The number of ether oxygens (including phenoxy) is 2. The van der Waals surface area contributed by atoms with E-state index < -0.39 is 29.5 Å². The number of rotatable bonds is 4.